The van der Waals surface area contributed by atoms with Gasteiger partial charge >= 0.3 is 0 Å². The molecule has 0 bridgehead atoms. The molecule has 0 fully saturated rings. The molecule has 0 radical (unpaired) electrons. The first kappa shape index (κ1) is 15.3. The number of hydrogen-bond acceptors (Lipinski definition) is 2. The Labute approximate surface area is 136 Å². The van der Waals surface area contributed by atoms with Crippen LogP contribution >= 0.6 is 0 Å². The summed E-state index contributed by atoms with van der Waals surface area (Å²) in [5.41, 5.74) is 6.04. The molecule has 3 heteroatoms. The van der Waals surface area contributed by atoms with Crippen LogP contribution in [0.25, 0.3) is 16.6 Å². The highest BCUT2D eigenvalue weighted by atomic mass is 16.5. The molecule has 0 aliphatic heterocycles. The lowest BCUT2D eigenvalue weighted by atomic mass is 9.96. The number of nitrogens with zero attached hydrogens (tertiary/aromatic N) is 1. The van der Waals surface area contributed by atoms with E-state index in [2.05, 4.69) is 39.0 Å². The van der Waals surface area contributed by atoms with Crippen LogP contribution in [-0.2, 0) is 0 Å². The summed E-state index contributed by atoms with van der Waals surface area (Å²) in [6.45, 7) is 6.34. The molecule has 0 unspecified atom stereocenters. The summed E-state index contributed by atoms with van der Waals surface area (Å²) >= 11 is 0. The summed E-state index contributed by atoms with van der Waals surface area (Å²) in [6, 6.07) is 12.2. The topological polar surface area (TPSA) is 30.7 Å². The predicted octanol–water partition coefficient (Wildman–Crippen LogP) is 4.86. The normalized spacial score (nSPS) is 11.2. The van der Waals surface area contributed by atoms with Gasteiger partial charge in [0.1, 0.15) is 5.75 Å². The van der Waals surface area contributed by atoms with Gasteiger partial charge in [-0.2, -0.15) is 0 Å². The molecule has 0 saturated carbocycles. The van der Waals surface area contributed by atoms with Crippen LogP contribution in [-0.4, -0.2) is 17.8 Å². The molecule has 0 atom stereocenters. The van der Waals surface area contributed by atoms with Crippen LogP contribution in [0.2, 0.25) is 0 Å². The molecule has 0 N–H and O–H groups in total. The fourth-order valence-electron chi connectivity index (χ4n) is 3.07. The molecular weight excluding hydrogens is 286 g/mol. The number of methoxy groups -OCH3 is 1. The molecule has 23 heavy (non-hydrogen) atoms. The van der Waals surface area contributed by atoms with Gasteiger partial charge in [-0.15, -0.1) is 0 Å². The van der Waals surface area contributed by atoms with Crippen molar-refractivity contribution in [3.63, 3.8) is 0 Å². The lowest BCUT2D eigenvalue weighted by Gasteiger charge is -2.13. The molecular formula is C20H21NO2. The van der Waals surface area contributed by atoms with Gasteiger partial charge in [0.25, 0.3) is 0 Å². The Kier molecular flexibility index (Phi) is 3.95. The van der Waals surface area contributed by atoms with Gasteiger partial charge in [0.05, 0.1) is 12.8 Å². The minimum Gasteiger partial charge on any atom is -0.496 e. The number of ether oxygens (including phenoxy) is 1. The number of aldehydes is 1. The van der Waals surface area contributed by atoms with Gasteiger partial charge in [0, 0.05) is 17.3 Å². The summed E-state index contributed by atoms with van der Waals surface area (Å²) in [4.78, 5) is 11.7. The summed E-state index contributed by atoms with van der Waals surface area (Å²) in [7, 11) is 1.69. The Morgan fingerprint density at radius 2 is 1.96 bits per heavy atom. The Morgan fingerprint density at radius 1 is 1.17 bits per heavy atom. The lowest BCUT2D eigenvalue weighted by Crippen LogP contribution is -1.96. The first-order valence-electron chi connectivity index (χ1n) is 7.81. The second-order valence-electron chi connectivity index (χ2n) is 6.12. The van der Waals surface area contributed by atoms with Gasteiger partial charge in [-0.3, -0.25) is 4.79 Å². The van der Waals surface area contributed by atoms with Crippen molar-refractivity contribution in [2.75, 3.05) is 7.11 Å². The first-order chi connectivity index (χ1) is 11.1. The maximum absolute atomic E-state index is 11.7. The van der Waals surface area contributed by atoms with E-state index in [0.29, 0.717) is 11.6 Å². The van der Waals surface area contributed by atoms with Gasteiger partial charge in [0.15, 0.2) is 6.29 Å². The molecule has 0 amide bonds. The van der Waals surface area contributed by atoms with Crippen molar-refractivity contribution in [3.8, 4) is 16.9 Å². The monoisotopic (exact) mass is 307 g/mol. The third-order valence-electron chi connectivity index (χ3n) is 4.34. The Hall–Kier alpha value is -2.55. The maximum atomic E-state index is 11.7. The van der Waals surface area contributed by atoms with Crippen molar-refractivity contribution in [2.45, 2.75) is 26.7 Å². The first-order valence-corrected chi connectivity index (χ1v) is 7.81. The summed E-state index contributed by atoms with van der Waals surface area (Å²) in [5, 5.41) is 0. The largest absolute Gasteiger partial charge is 0.496 e. The van der Waals surface area contributed by atoms with E-state index in [0.717, 1.165) is 39.8 Å². The summed E-state index contributed by atoms with van der Waals surface area (Å²) in [5.74, 6) is 1.24. The molecule has 0 saturated heterocycles. The molecule has 0 spiro atoms. The Bertz CT molecular complexity index is 875. The smallest absolute Gasteiger partial charge is 0.167 e. The number of carbonyl (C=O) groups is 1. The van der Waals surface area contributed by atoms with Crippen molar-refractivity contribution in [1.29, 1.82) is 0 Å². The van der Waals surface area contributed by atoms with Crippen LogP contribution in [0.4, 0.5) is 0 Å². The molecule has 0 aliphatic carbocycles. The van der Waals surface area contributed by atoms with E-state index in [1.807, 2.05) is 28.8 Å². The molecule has 1 aromatic carbocycles. The van der Waals surface area contributed by atoms with Gasteiger partial charge in [-0.25, -0.2) is 0 Å². The highest BCUT2D eigenvalue weighted by Crippen LogP contribution is 2.34. The minimum absolute atomic E-state index is 0.350. The van der Waals surface area contributed by atoms with Crippen molar-refractivity contribution in [2.24, 2.45) is 0 Å². The van der Waals surface area contributed by atoms with Crippen molar-refractivity contribution < 1.29 is 9.53 Å². The van der Waals surface area contributed by atoms with E-state index in [-0.39, 0.29) is 0 Å². The average molecular weight is 307 g/mol. The predicted molar refractivity (Wildman–Crippen MR) is 93.6 cm³/mol. The van der Waals surface area contributed by atoms with E-state index in [1.54, 1.807) is 7.11 Å². The number of aryl methyl sites for hydroxylation is 1. The zero-order chi connectivity index (χ0) is 16.6. The number of benzene rings is 1. The molecule has 2 heterocycles. The van der Waals surface area contributed by atoms with Crippen molar-refractivity contribution in [1.82, 2.24) is 4.40 Å². The SMILES string of the molecule is COc1ccc(-c2cc3c(C)cccn3c2C=O)cc1C(C)C. The third kappa shape index (κ3) is 2.52. The zero-order valence-corrected chi connectivity index (χ0v) is 14.0. The summed E-state index contributed by atoms with van der Waals surface area (Å²) in [6.07, 6.45) is 2.86. The summed E-state index contributed by atoms with van der Waals surface area (Å²) < 4.78 is 7.41. The standard InChI is InChI=1S/C20H21NO2/c1-13(2)16-10-15(7-8-20(16)23-4)17-11-18-14(3)6-5-9-21(18)19(17)12-22/h5-13H,1-4H3. The highest BCUT2D eigenvalue weighted by molar-refractivity contribution is 5.90. The number of fused-ring (bicyclic) bond motifs is 1. The minimum atomic E-state index is 0.350. The highest BCUT2D eigenvalue weighted by Gasteiger charge is 2.15. The fraction of sp³-hybridized carbons (Fsp3) is 0.250. The Morgan fingerprint density at radius 3 is 2.61 bits per heavy atom. The molecule has 3 aromatic rings. The van der Waals surface area contributed by atoms with E-state index in [9.17, 15) is 4.79 Å². The van der Waals surface area contributed by atoms with E-state index in [4.69, 9.17) is 4.74 Å². The molecule has 118 valence electrons. The molecule has 3 nitrogen and oxygen atoms in total. The molecule has 2 aromatic heterocycles. The fourth-order valence-corrected chi connectivity index (χ4v) is 3.07. The Balaban J connectivity index is 2.26. The van der Waals surface area contributed by atoms with Gasteiger partial charge in [-0.1, -0.05) is 26.0 Å². The van der Waals surface area contributed by atoms with Crippen LogP contribution in [0.5, 0.6) is 5.75 Å². The van der Waals surface area contributed by atoms with E-state index in [1.165, 1.54) is 0 Å². The van der Waals surface area contributed by atoms with Crippen LogP contribution in [0.1, 0.15) is 41.4 Å². The quantitative estimate of drug-likeness (QED) is 0.644. The number of hydrogen-bond donors (Lipinski definition) is 0. The number of aromatic nitrogens is 1. The van der Waals surface area contributed by atoms with E-state index < -0.39 is 0 Å². The van der Waals surface area contributed by atoms with Gasteiger partial charge in [-0.05, 0) is 53.8 Å². The van der Waals surface area contributed by atoms with Gasteiger partial charge < -0.3 is 9.14 Å². The number of pyridine rings is 1. The zero-order valence-electron chi connectivity index (χ0n) is 14.0. The van der Waals surface area contributed by atoms with E-state index >= 15 is 0 Å². The molecule has 3 rings (SSSR count). The van der Waals surface area contributed by atoms with Gasteiger partial charge in [0.2, 0.25) is 0 Å². The maximum Gasteiger partial charge on any atom is 0.167 e. The van der Waals surface area contributed by atoms with Crippen LogP contribution < -0.4 is 4.74 Å². The number of rotatable bonds is 4. The number of carbonyl (C=O) groups excluding carboxylic acids is 1. The molecule has 0 aliphatic rings. The second-order valence-corrected chi connectivity index (χ2v) is 6.12. The lowest BCUT2D eigenvalue weighted by molar-refractivity contribution is 0.111. The van der Waals surface area contributed by atoms with Crippen molar-refractivity contribution in [3.05, 3.63) is 59.4 Å². The van der Waals surface area contributed by atoms with Crippen LogP contribution in [0.15, 0.2) is 42.6 Å². The van der Waals surface area contributed by atoms with Crippen LogP contribution in [0.3, 0.4) is 0 Å². The third-order valence-corrected chi connectivity index (χ3v) is 4.34. The van der Waals surface area contributed by atoms with Crippen LogP contribution in [0, 0.1) is 6.92 Å². The average Bonchev–Trinajstić information content (AvgIpc) is 2.94. The second kappa shape index (κ2) is 5.92. The van der Waals surface area contributed by atoms with Crippen molar-refractivity contribution >= 4 is 11.8 Å².